The Labute approximate surface area is 91.3 Å². The molecule has 0 saturated heterocycles. The van der Waals surface area contributed by atoms with Gasteiger partial charge in [0.15, 0.2) is 0 Å². The van der Waals surface area contributed by atoms with Crippen molar-refractivity contribution in [1.82, 2.24) is 0 Å². The number of alkyl halides is 3. The molecule has 1 aromatic rings. The number of halogens is 3. The molecule has 1 aliphatic rings. The number of aryl methyl sites for hydroxylation is 1. The molecule has 1 fully saturated rings. The van der Waals surface area contributed by atoms with Gasteiger partial charge in [-0.2, -0.15) is 13.2 Å². The van der Waals surface area contributed by atoms with Crippen molar-refractivity contribution in [2.45, 2.75) is 31.4 Å². The highest BCUT2D eigenvalue weighted by atomic mass is 19.4. The molecule has 1 nitrogen and oxygen atoms in total. The smallest absolute Gasteiger partial charge is 0.302 e. The third kappa shape index (κ3) is 1.72. The van der Waals surface area contributed by atoms with E-state index in [1.807, 2.05) is 0 Å². The van der Waals surface area contributed by atoms with E-state index in [1.54, 1.807) is 6.92 Å². The van der Waals surface area contributed by atoms with Crippen molar-refractivity contribution < 1.29 is 18.0 Å². The van der Waals surface area contributed by atoms with Crippen molar-refractivity contribution >= 4 is 6.29 Å². The van der Waals surface area contributed by atoms with Crippen molar-refractivity contribution in [3.8, 4) is 0 Å². The second kappa shape index (κ2) is 3.34. The quantitative estimate of drug-likeness (QED) is 0.710. The van der Waals surface area contributed by atoms with E-state index in [-0.39, 0.29) is 0 Å². The molecule has 2 rings (SSSR count). The van der Waals surface area contributed by atoms with Gasteiger partial charge in [0, 0.05) is 0 Å². The van der Waals surface area contributed by atoms with Crippen LogP contribution in [0.15, 0.2) is 18.2 Å². The van der Waals surface area contributed by atoms with Gasteiger partial charge in [0.2, 0.25) is 0 Å². The highest BCUT2D eigenvalue weighted by Crippen LogP contribution is 2.48. The van der Waals surface area contributed by atoms with E-state index in [4.69, 9.17) is 0 Å². The molecule has 0 radical (unpaired) electrons. The summed E-state index contributed by atoms with van der Waals surface area (Å²) in [5.74, 6) is 0. The van der Waals surface area contributed by atoms with Crippen LogP contribution in [0.5, 0.6) is 0 Å². The molecule has 1 aliphatic carbocycles. The van der Waals surface area contributed by atoms with Crippen LogP contribution in [0.2, 0.25) is 0 Å². The summed E-state index contributed by atoms with van der Waals surface area (Å²) >= 11 is 0. The lowest BCUT2D eigenvalue weighted by molar-refractivity contribution is -0.137. The van der Waals surface area contributed by atoms with Crippen molar-refractivity contribution in [3.05, 3.63) is 34.9 Å². The minimum atomic E-state index is -4.32. The molecule has 0 unspecified atom stereocenters. The summed E-state index contributed by atoms with van der Waals surface area (Å²) in [5, 5.41) is 0. The Morgan fingerprint density at radius 2 is 1.94 bits per heavy atom. The van der Waals surface area contributed by atoms with Crippen molar-refractivity contribution in [1.29, 1.82) is 0 Å². The van der Waals surface area contributed by atoms with Crippen molar-refractivity contribution in [3.63, 3.8) is 0 Å². The van der Waals surface area contributed by atoms with Gasteiger partial charge in [-0.15, -0.1) is 0 Å². The summed E-state index contributed by atoms with van der Waals surface area (Å²) < 4.78 is 37.3. The minimum absolute atomic E-state index is 0.506. The zero-order valence-corrected chi connectivity index (χ0v) is 8.77. The van der Waals surface area contributed by atoms with Gasteiger partial charge >= 0.3 is 6.18 Å². The molecule has 1 saturated carbocycles. The average molecular weight is 228 g/mol. The minimum Gasteiger partial charge on any atom is -0.302 e. The molecule has 86 valence electrons. The lowest BCUT2D eigenvalue weighted by Gasteiger charge is -2.14. The summed E-state index contributed by atoms with van der Waals surface area (Å²) in [6.07, 6.45) is -1.99. The largest absolute Gasteiger partial charge is 0.416 e. The number of aldehydes is 1. The number of carbonyl (C=O) groups excluding carboxylic acids is 1. The summed E-state index contributed by atoms with van der Waals surface area (Å²) in [6.45, 7) is 1.62. The second-order valence-electron chi connectivity index (χ2n) is 4.30. The molecule has 0 N–H and O–H groups in total. The van der Waals surface area contributed by atoms with Gasteiger partial charge in [-0.05, 0) is 43.0 Å². The van der Waals surface area contributed by atoms with Gasteiger partial charge in [-0.3, -0.25) is 0 Å². The Kier molecular flexibility index (Phi) is 2.33. The maximum Gasteiger partial charge on any atom is 0.416 e. The van der Waals surface area contributed by atoms with E-state index in [1.165, 1.54) is 6.07 Å². The molecule has 0 aliphatic heterocycles. The molecule has 4 heteroatoms. The Morgan fingerprint density at radius 1 is 1.31 bits per heavy atom. The third-order valence-electron chi connectivity index (χ3n) is 3.10. The SMILES string of the molecule is Cc1cc(C(F)(F)F)ccc1C1(C=O)CC1. The third-order valence-corrected chi connectivity index (χ3v) is 3.10. The lowest BCUT2D eigenvalue weighted by atomic mass is 9.92. The first-order valence-electron chi connectivity index (χ1n) is 5.04. The molecule has 0 bridgehead atoms. The number of carbonyl (C=O) groups is 1. The van der Waals surface area contributed by atoms with Crippen LogP contribution in [0.4, 0.5) is 13.2 Å². The van der Waals surface area contributed by atoms with Gasteiger partial charge in [0.05, 0.1) is 11.0 Å². The van der Waals surface area contributed by atoms with Crippen LogP contribution < -0.4 is 0 Å². The lowest BCUT2D eigenvalue weighted by Crippen LogP contribution is -2.12. The summed E-state index contributed by atoms with van der Waals surface area (Å²) in [4.78, 5) is 10.9. The van der Waals surface area contributed by atoms with E-state index in [9.17, 15) is 18.0 Å². The normalized spacial score (nSPS) is 18.2. The van der Waals surface area contributed by atoms with Gasteiger partial charge in [0.1, 0.15) is 6.29 Å². The number of hydrogen-bond acceptors (Lipinski definition) is 1. The van der Waals surface area contributed by atoms with Crippen LogP contribution in [-0.4, -0.2) is 6.29 Å². The molecule has 0 amide bonds. The van der Waals surface area contributed by atoms with Gasteiger partial charge in [-0.1, -0.05) is 6.07 Å². The zero-order chi connectivity index (χ0) is 12.0. The van der Waals surface area contributed by atoms with Gasteiger partial charge in [0.25, 0.3) is 0 Å². The standard InChI is InChI=1S/C12H11F3O/c1-8-6-9(12(13,14)15)2-3-10(8)11(7-16)4-5-11/h2-3,6-7H,4-5H2,1H3. The highest BCUT2D eigenvalue weighted by Gasteiger charge is 2.45. The van der Waals surface area contributed by atoms with Gasteiger partial charge < -0.3 is 4.79 Å². The zero-order valence-electron chi connectivity index (χ0n) is 8.77. The Bertz CT molecular complexity index is 430. The molecule has 0 atom stereocenters. The Morgan fingerprint density at radius 3 is 2.31 bits per heavy atom. The van der Waals surface area contributed by atoms with E-state index < -0.39 is 17.2 Å². The predicted molar refractivity (Wildman–Crippen MR) is 53.2 cm³/mol. The summed E-state index contributed by atoms with van der Waals surface area (Å²) in [6, 6.07) is 3.59. The monoisotopic (exact) mass is 228 g/mol. The average Bonchev–Trinajstić information content (AvgIpc) is 2.97. The maximum absolute atomic E-state index is 12.4. The van der Waals surface area contributed by atoms with Gasteiger partial charge in [-0.25, -0.2) is 0 Å². The van der Waals surface area contributed by atoms with Crippen LogP contribution in [0.1, 0.15) is 29.5 Å². The van der Waals surface area contributed by atoms with Crippen molar-refractivity contribution in [2.24, 2.45) is 0 Å². The topological polar surface area (TPSA) is 17.1 Å². The molecule has 0 heterocycles. The van der Waals surface area contributed by atoms with Crippen LogP contribution in [-0.2, 0) is 16.4 Å². The maximum atomic E-state index is 12.4. The molecule has 0 aromatic heterocycles. The molecular formula is C12H11F3O. The molecular weight excluding hydrogens is 217 g/mol. The summed E-state index contributed by atoms with van der Waals surface area (Å²) in [5.41, 5.74) is 0.110. The van der Waals surface area contributed by atoms with Crippen LogP contribution >= 0.6 is 0 Å². The molecule has 0 spiro atoms. The first-order valence-corrected chi connectivity index (χ1v) is 5.04. The Balaban J connectivity index is 2.42. The van der Waals surface area contributed by atoms with E-state index in [0.29, 0.717) is 5.56 Å². The molecule has 16 heavy (non-hydrogen) atoms. The number of benzene rings is 1. The van der Waals surface area contributed by atoms with Crippen LogP contribution in [0.25, 0.3) is 0 Å². The number of rotatable bonds is 2. The van der Waals surface area contributed by atoms with E-state index in [2.05, 4.69) is 0 Å². The first kappa shape index (κ1) is 11.2. The molecule has 1 aromatic carbocycles. The van der Waals surface area contributed by atoms with Crippen molar-refractivity contribution in [2.75, 3.05) is 0 Å². The predicted octanol–water partition coefficient (Wildman–Crippen LogP) is 3.24. The van der Waals surface area contributed by atoms with E-state index in [0.717, 1.165) is 36.8 Å². The summed E-state index contributed by atoms with van der Waals surface area (Å²) in [7, 11) is 0. The second-order valence-corrected chi connectivity index (χ2v) is 4.30. The first-order chi connectivity index (χ1) is 7.39. The fourth-order valence-corrected chi connectivity index (χ4v) is 1.98. The Hall–Kier alpha value is -1.32. The fourth-order valence-electron chi connectivity index (χ4n) is 1.98. The van der Waals surface area contributed by atoms with E-state index >= 15 is 0 Å². The van der Waals surface area contributed by atoms with Crippen LogP contribution in [0, 0.1) is 6.92 Å². The fraction of sp³-hybridized carbons (Fsp3) is 0.417. The highest BCUT2D eigenvalue weighted by molar-refractivity contribution is 5.74. The van der Waals surface area contributed by atoms with Crippen LogP contribution in [0.3, 0.4) is 0 Å². The number of hydrogen-bond donors (Lipinski definition) is 0.